The Bertz CT molecular complexity index is 563. The largest absolute Gasteiger partial charge is 0.277 e. The lowest BCUT2D eigenvalue weighted by Crippen LogP contribution is -2.28. The van der Waals surface area contributed by atoms with Gasteiger partial charge in [0, 0.05) is 0 Å². The number of thiol groups is 1. The fourth-order valence-electron chi connectivity index (χ4n) is 1.70. The summed E-state index contributed by atoms with van der Waals surface area (Å²) in [6.45, 7) is 2.66. The average Bonchev–Trinajstić information content (AvgIpc) is 2.38. The van der Waals surface area contributed by atoms with Crippen molar-refractivity contribution in [2.45, 2.75) is 19.9 Å². The van der Waals surface area contributed by atoms with Gasteiger partial charge in [-0.25, -0.2) is 4.68 Å². The summed E-state index contributed by atoms with van der Waals surface area (Å²) >= 11 is 4.27. The van der Waals surface area contributed by atoms with Crippen LogP contribution < -0.4 is 5.56 Å². The van der Waals surface area contributed by atoms with Crippen molar-refractivity contribution < 1.29 is 0 Å². The molecule has 5 heteroatoms. The lowest BCUT2D eigenvalue weighted by atomic mass is 10.1. The van der Waals surface area contributed by atoms with E-state index in [4.69, 9.17) is 0 Å². The molecule has 1 aromatic heterocycles. The minimum atomic E-state index is -0.0733. The van der Waals surface area contributed by atoms with Crippen molar-refractivity contribution in [3.05, 3.63) is 34.6 Å². The monoisotopic (exact) mass is 249 g/mol. The van der Waals surface area contributed by atoms with E-state index >= 15 is 0 Å². The van der Waals surface area contributed by atoms with Gasteiger partial charge in [0.2, 0.25) is 0 Å². The molecule has 0 N–H and O–H groups in total. The van der Waals surface area contributed by atoms with E-state index in [1.54, 1.807) is 12.1 Å². The van der Waals surface area contributed by atoms with Crippen molar-refractivity contribution >= 4 is 23.5 Å². The van der Waals surface area contributed by atoms with Crippen molar-refractivity contribution in [1.82, 2.24) is 15.0 Å². The Morgan fingerprint density at radius 3 is 2.88 bits per heavy atom. The minimum Gasteiger partial charge on any atom is -0.267 e. The van der Waals surface area contributed by atoms with Gasteiger partial charge in [-0.2, -0.15) is 12.6 Å². The first-order valence-electron chi connectivity index (χ1n) is 5.69. The molecule has 90 valence electrons. The highest BCUT2D eigenvalue weighted by molar-refractivity contribution is 7.80. The summed E-state index contributed by atoms with van der Waals surface area (Å²) in [6.07, 6.45) is 0.977. The Morgan fingerprint density at radius 2 is 2.18 bits per heavy atom. The Labute approximate surface area is 105 Å². The minimum absolute atomic E-state index is 0.0733. The maximum absolute atomic E-state index is 12.1. The van der Waals surface area contributed by atoms with Gasteiger partial charge in [0.25, 0.3) is 5.56 Å². The maximum atomic E-state index is 12.1. The van der Waals surface area contributed by atoms with E-state index in [-0.39, 0.29) is 5.56 Å². The third-order valence-electron chi connectivity index (χ3n) is 2.90. The highest BCUT2D eigenvalue weighted by Gasteiger charge is 2.09. The van der Waals surface area contributed by atoms with Crippen molar-refractivity contribution in [2.24, 2.45) is 5.92 Å². The number of benzene rings is 1. The quantitative estimate of drug-likeness (QED) is 0.840. The van der Waals surface area contributed by atoms with Gasteiger partial charge in [0.1, 0.15) is 5.52 Å². The van der Waals surface area contributed by atoms with Crippen LogP contribution in [0.1, 0.15) is 13.3 Å². The van der Waals surface area contributed by atoms with E-state index in [9.17, 15) is 4.79 Å². The molecule has 1 heterocycles. The summed E-state index contributed by atoms with van der Waals surface area (Å²) in [5.74, 6) is 1.10. The number of hydrogen-bond acceptors (Lipinski definition) is 4. The normalized spacial score (nSPS) is 12.8. The Balaban J connectivity index is 2.42. The van der Waals surface area contributed by atoms with Crippen LogP contribution in [0.5, 0.6) is 0 Å². The van der Waals surface area contributed by atoms with Gasteiger partial charge in [0.05, 0.1) is 11.9 Å². The van der Waals surface area contributed by atoms with Crippen LogP contribution >= 0.6 is 12.6 Å². The summed E-state index contributed by atoms with van der Waals surface area (Å²) in [7, 11) is 0. The fraction of sp³-hybridized carbons (Fsp3) is 0.417. The predicted molar refractivity (Wildman–Crippen MR) is 71.4 cm³/mol. The van der Waals surface area contributed by atoms with E-state index in [1.165, 1.54) is 4.68 Å². The SMILES string of the molecule is CCC(CS)Cn1nnc2ccccc2c1=O. The first kappa shape index (κ1) is 12.1. The van der Waals surface area contributed by atoms with Gasteiger partial charge in [-0.1, -0.05) is 30.7 Å². The molecular weight excluding hydrogens is 234 g/mol. The zero-order valence-corrected chi connectivity index (χ0v) is 10.6. The second kappa shape index (κ2) is 5.31. The third kappa shape index (κ3) is 2.49. The van der Waals surface area contributed by atoms with Crippen molar-refractivity contribution in [3.8, 4) is 0 Å². The van der Waals surface area contributed by atoms with Gasteiger partial charge in [0.15, 0.2) is 0 Å². The molecule has 0 fully saturated rings. The second-order valence-electron chi connectivity index (χ2n) is 4.05. The summed E-state index contributed by atoms with van der Waals surface area (Å²) in [5.41, 5.74) is 0.573. The average molecular weight is 249 g/mol. The smallest absolute Gasteiger partial charge is 0.267 e. The molecule has 0 aliphatic carbocycles. The number of rotatable bonds is 4. The molecule has 0 aliphatic heterocycles. The Kier molecular flexibility index (Phi) is 3.78. The number of aromatic nitrogens is 3. The van der Waals surface area contributed by atoms with Crippen LogP contribution in [0.4, 0.5) is 0 Å². The highest BCUT2D eigenvalue weighted by Crippen LogP contribution is 2.08. The molecule has 2 aromatic rings. The van der Waals surface area contributed by atoms with Crippen LogP contribution in [-0.4, -0.2) is 20.7 Å². The van der Waals surface area contributed by atoms with Crippen LogP contribution in [0.2, 0.25) is 0 Å². The predicted octanol–water partition coefficient (Wildman–Crippen LogP) is 1.75. The highest BCUT2D eigenvalue weighted by atomic mass is 32.1. The van der Waals surface area contributed by atoms with Gasteiger partial charge < -0.3 is 0 Å². The molecule has 0 aliphatic rings. The fourth-order valence-corrected chi connectivity index (χ4v) is 2.08. The number of fused-ring (bicyclic) bond motifs is 1. The number of hydrogen-bond donors (Lipinski definition) is 1. The molecule has 0 spiro atoms. The van der Waals surface area contributed by atoms with E-state index in [0.717, 1.165) is 12.2 Å². The van der Waals surface area contributed by atoms with E-state index in [0.29, 0.717) is 23.4 Å². The Hall–Kier alpha value is -1.36. The zero-order valence-electron chi connectivity index (χ0n) is 9.71. The molecule has 0 saturated heterocycles. The van der Waals surface area contributed by atoms with E-state index < -0.39 is 0 Å². The van der Waals surface area contributed by atoms with Crippen molar-refractivity contribution in [2.75, 3.05) is 5.75 Å². The molecule has 0 radical (unpaired) electrons. The van der Waals surface area contributed by atoms with Gasteiger partial charge >= 0.3 is 0 Å². The van der Waals surface area contributed by atoms with Gasteiger partial charge in [-0.05, 0) is 23.8 Å². The third-order valence-corrected chi connectivity index (χ3v) is 3.41. The van der Waals surface area contributed by atoms with Crippen LogP contribution in [0.25, 0.3) is 10.9 Å². The van der Waals surface area contributed by atoms with Crippen LogP contribution in [0.3, 0.4) is 0 Å². The molecule has 0 saturated carbocycles. The number of nitrogens with zero attached hydrogens (tertiary/aromatic N) is 3. The van der Waals surface area contributed by atoms with Gasteiger partial charge in [-0.3, -0.25) is 4.79 Å². The molecule has 1 aromatic carbocycles. The molecular formula is C12H15N3OS. The molecule has 17 heavy (non-hydrogen) atoms. The molecule has 0 bridgehead atoms. The lowest BCUT2D eigenvalue weighted by Gasteiger charge is -2.12. The Morgan fingerprint density at radius 1 is 1.41 bits per heavy atom. The standard InChI is InChI=1S/C12H15N3OS/c1-2-9(8-17)7-15-12(16)10-5-3-4-6-11(10)13-14-15/h3-6,9,17H,2,7-8H2,1H3. The first-order chi connectivity index (χ1) is 8.26. The second-order valence-corrected chi connectivity index (χ2v) is 4.42. The van der Waals surface area contributed by atoms with Crippen LogP contribution in [0.15, 0.2) is 29.1 Å². The van der Waals surface area contributed by atoms with Crippen LogP contribution in [0, 0.1) is 5.92 Å². The van der Waals surface area contributed by atoms with Crippen molar-refractivity contribution in [1.29, 1.82) is 0 Å². The van der Waals surface area contributed by atoms with E-state index in [1.807, 2.05) is 12.1 Å². The topological polar surface area (TPSA) is 47.8 Å². The molecule has 0 amide bonds. The molecule has 2 rings (SSSR count). The molecule has 1 atom stereocenters. The summed E-state index contributed by atoms with van der Waals surface area (Å²) in [4.78, 5) is 12.1. The van der Waals surface area contributed by atoms with Crippen LogP contribution in [-0.2, 0) is 6.54 Å². The maximum Gasteiger partial charge on any atom is 0.277 e. The molecule has 4 nitrogen and oxygen atoms in total. The van der Waals surface area contributed by atoms with E-state index in [2.05, 4.69) is 29.9 Å². The van der Waals surface area contributed by atoms with Crippen molar-refractivity contribution in [3.63, 3.8) is 0 Å². The summed E-state index contributed by atoms with van der Waals surface area (Å²) in [6, 6.07) is 7.27. The zero-order chi connectivity index (χ0) is 12.3. The first-order valence-corrected chi connectivity index (χ1v) is 6.33. The lowest BCUT2D eigenvalue weighted by molar-refractivity contribution is 0.420. The summed E-state index contributed by atoms with van der Waals surface area (Å²) in [5, 5.41) is 8.64. The summed E-state index contributed by atoms with van der Waals surface area (Å²) < 4.78 is 1.44. The molecule has 1 unspecified atom stereocenters. The van der Waals surface area contributed by atoms with Gasteiger partial charge in [-0.15, -0.1) is 5.10 Å².